The van der Waals surface area contributed by atoms with Crippen molar-refractivity contribution in [3.05, 3.63) is 42.2 Å². The average molecular weight is 200 g/mol. The zero-order valence-electron chi connectivity index (χ0n) is 7.40. The lowest BCUT2D eigenvalue weighted by Crippen LogP contribution is -1.98. The van der Waals surface area contributed by atoms with Crippen molar-refractivity contribution in [3.63, 3.8) is 0 Å². The second-order valence-corrected chi connectivity index (χ2v) is 3.96. The molecule has 0 radical (unpaired) electrons. The highest BCUT2D eigenvalue weighted by Crippen LogP contribution is 2.31. The van der Waals surface area contributed by atoms with Gasteiger partial charge in [0.15, 0.2) is 0 Å². The van der Waals surface area contributed by atoms with Gasteiger partial charge >= 0.3 is 0 Å². The first-order chi connectivity index (χ1) is 6.95. The average Bonchev–Trinajstić information content (AvgIpc) is 2.29. The van der Waals surface area contributed by atoms with Gasteiger partial charge in [0.2, 0.25) is 0 Å². The minimum Gasteiger partial charge on any atom is -0.332 e. The molecule has 0 saturated carbocycles. The summed E-state index contributed by atoms with van der Waals surface area (Å²) in [6, 6.07) is 8.25. The van der Waals surface area contributed by atoms with Crippen LogP contribution in [0.2, 0.25) is 0 Å². The number of fused-ring (bicyclic) bond motifs is 3. The van der Waals surface area contributed by atoms with Crippen LogP contribution in [0.4, 0.5) is 0 Å². The fourth-order valence-electron chi connectivity index (χ4n) is 1.60. The Balaban J connectivity index is 2.41. The second kappa shape index (κ2) is 3.03. The van der Waals surface area contributed by atoms with Crippen LogP contribution in [0.25, 0.3) is 17.0 Å². The SMILES string of the molecule is C1=Cc2ccc3ncccc3c2SN1. The summed E-state index contributed by atoms with van der Waals surface area (Å²) in [5, 5.41) is 1.21. The molecule has 68 valence electrons. The van der Waals surface area contributed by atoms with E-state index >= 15 is 0 Å². The molecule has 1 N–H and O–H groups in total. The van der Waals surface area contributed by atoms with E-state index in [9.17, 15) is 0 Å². The number of nitrogens with one attached hydrogen (secondary N) is 1. The maximum absolute atomic E-state index is 4.32. The summed E-state index contributed by atoms with van der Waals surface area (Å²) < 4.78 is 3.14. The molecule has 2 aromatic rings. The van der Waals surface area contributed by atoms with Crippen LogP contribution in [0.1, 0.15) is 5.56 Å². The number of hydrogen-bond acceptors (Lipinski definition) is 3. The van der Waals surface area contributed by atoms with Crippen LogP contribution in [0, 0.1) is 0 Å². The third-order valence-electron chi connectivity index (χ3n) is 2.26. The Morgan fingerprint density at radius 2 is 2.21 bits per heavy atom. The molecular formula is C11H8N2S. The van der Waals surface area contributed by atoms with E-state index < -0.39 is 0 Å². The first-order valence-corrected chi connectivity index (χ1v) is 5.23. The lowest BCUT2D eigenvalue weighted by Gasteiger charge is -2.12. The highest BCUT2D eigenvalue weighted by Gasteiger charge is 2.08. The summed E-state index contributed by atoms with van der Waals surface area (Å²) in [5.74, 6) is 0. The van der Waals surface area contributed by atoms with Crippen molar-refractivity contribution >= 4 is 28.9 Å². The van der Waals surface area contributed by atoms with Crippen LogP contribution < -0.4 is 4.72 Å². The van der Waals surface area contributed by atoms with Crippen LogP contribution in [0.3, 0.4) is 0 Å². The van der Waals surface area contributed by atoms with Crippen LogP contribution in [0.15, 0.2) is 41.6 Å². The predicted octanol–water partition coefficient (Wildman–Crippen LogP) is 2.82. The molecule has 0 saturated heterocycles. The minimum absolute atomic E-state index is 1.05. The molecule has 1 aliphatic rings. The monoisotopic (exact) mass is 200 g/mol. The van der Waals surface area contributed by atoms with Gasteiger partial charge in [-0.25, -0.2) is 0 Å². The number of rotatable bonds is 0. The van der Waals surface area contributed by atoms with Gasteiger partial charge in [-0.05, 0) is 35.7 Å². The number of pyridine rings is 1. The maximum Gasteiger partial charge on any atom is 0.0714 e. The molecule has 0 fully saturated rings. The predicted molar refractivity (Wildman–Crippen MR) is 59.8 cm³/mol. The molecule has 0 amide bonds. The van der Waals surface area contributed by atoms with Crippen LogP contribution in [0.5, 0.6) is 0 Å². The summed E-state index contributed by atoms with van der Waals surface area (Å²) in [4.78, 5) is 5.59. The largest absolute Gasteiger partial charge is 0.332 e. The van der Waals surface area contributed by atoms with E-state index in [-0.39, 0.29) is 0 Å². The van der Waals surface area contributed by atoms with Crippen molar-refractivity contribution in [1.82, 2.24) is 9.71 Å². The van der Waals surface area contributed by atoms with Gasteiger partial charge in [-0.15, -0.1) is 0 Å². The molecule has 0 spiro atoms. The van der Waals surface area contributed by atoms with Gasteiger partial charge < -0.3 is 4.72 Å². The Bertz CT molecular complexity index is 520. The van der Waals surface area contributed by atoms with E-state index in [4.69, 9.17) is 0 Å². The quantitative estimate of drug-likeness (QED) is 0.662. The van der Waals surface area contributed by atoms with Crippen molar-refractivity contribution in [2.24, 2.45) is 0 Å². The molecule has 14 heavy (non-hydrogen) atoms. The molecule has 1 aromatic heterocycles. The lowest BCUT2D eigenvalue weighted by atomic mass is 10.1. The smallest absolute Gasteiger partial charge is 0.0714 e. The Morgan fingerprint density at radius 3 is 3.21 bits per heavy atom. The first kappa shape index (κ1) is 7.88. The Kier molecular flexibility index (Phi) is 1.70. The van der Waals surface area contributed by atoms with E-state index in [0.29, 0.717) is 0 Å². The van der Waals surface area contributed by atoms with E-state index in [0.717, 1.165) is 5.52 Å². The molecule has 0 bridgehead atoms. The first-order valence-electron chi connectivity index (χ1n) is 4.42. The fraction of sp³-hybridized carbons (Fsp3) is 0. The molecule has 1 aromatic carbocycles. The van der Waals surface area contributed by atoms with Gasteiger partial charge in [-0.3, -0.25) is 4.98 Å². The van der Waals surface area contributed by atoms with Crippen molar-refractivity contribution in [1.29, 1.82) is 0 Å². The van der Waals surface area contributed by atoms with Gasteiger partial charge in [0.1, 0.15) is 0 Å². The highest BCUT2D eigenvalue weighted by molar-refractivity contribution is 7.97. The number of aromatic nitrogens is 1. The molecule has 3 heteroatoms. The maximum atomic E-state index is 4.32. The number of hydrogen-bond donors (Lipinski definition) is 1. The third-order valence-corrected chi connectivity index (χ3v) is 3.17. The second-order valence-electron chi connectivity index (χ2n) is 3.11. The summed E-state index contributed by atoms with van der Waals surface area (Å²) in [6.45, 7) is 0. The lowest BCUT2D eigenvalue weighted by molar-refractivity contribution is 1.32. The summed E-state index contributed by atoms with van der Waals surface area (Å²) >= 11 is 1.64. The molecule has 2 heterocycles. The van der Waals surface area contributed by atoms with Gasteiger partial charge in [-0.2, -0.15) is 0 Å². The molecule has 3 rings (SSSR count). The Morgan fingerprint density at radius 1 is 1.21 bits per heavy atom. The molecular weight excluding hydrogens is 192 g/mol. The van der Waals surface area contributed by atoms with Crippen molar-refractivity contribution in [3.8, 4) is 0 Å². The normalized spacial score (nSPS) is 13.7. The number of benzene rings is 1. The van der Waals surface area contributed by atoms with Crippen molar-refractivity contribution < 1.29 is 0 Å². The highest BCUT2D eigenvalue weighted by atomic mass is 32.2. The van der Waals surface area contributed by atoms with Gasteiger partial charge in [0.05, 0.1) is 5.52 Å². The molecule has 0 unspecified atom stereocenters. The zero-order chi connectivity index (χ0) is 9.38. The number of nitrogens with zero attached hydrogens (tertiary/aromatic N) is 1. The van der Waals surface area contributed by atoms with E-state index in [1.807, 2.05) is 18.5 Å². The van der Waals surface area contributed by atoms with Gasteiger partial charge in [-0.1, -0.05) is 12.1 Å². The summed E-state index contributed by atoms with van der Waals surface area (Å²) in [7, 11) is 0. The molecule has 0 aliphatic carbocycles. The Hall–Kier alpha value is -1.48. The minimum atomic E-state index is 1.05. The summed E-state index contributed by atoms with van der Waals surface area (Å²) in [5.41, 5.74) is 2.31. The van der Waals surface area contributed by atoms with Crippen LogP contribution >= 0.6 is 11.9 Å². The molecule has 0 atom stereocenters. The van der Waals surface area contributed by atoms with Crippen LogP contribution in [-0.2, 0) is 0 Å². The molecule has 2 nitrogen and oxygen atoms in total. The van der Waals surface area contributed by atoms with E-state index in [1.165, 1.54) is 15.8 Å². The topological polar surface area (TPSA) is 24.9 Å². The van der Waals surface area contributed by atoms with Crippen LogP contribution in [-0.4, -0.2) is 4.98 Å². The zero-order valence-corrected chi connectivity index (χ0v) is 8.21. The Labute approximate surface area is 86.2 Å². The van der Waals surface area contributed by atoms with Crippen molar-refractivity contribution in [2.75, 3.05) is 0 Å². The standard InChI is InChI=1S/C11H8N2S/c1-2-9-10(12-6-1)4-3-8-5-7-13-14-11(8)9/h1-7,13H. The van der Waals surface area contributed by atoms with Crippen molar-refractivity contribution in [2.45, 2.75) is 4.90 Å². The van der Waals surface area contributed by atoms with Gasteiger partial charge in [0, 0.05) is 22.7 Å². The molecule has 1 aliphatic heterocycles. The summed E-state index contributed by atoms with van der Waals surface area (Å²) in [6.07, 6.45) is 5.86. The third kappa shape index (κ3) is 1.09. The van der Waals surface area contributed by atoms with Gasteiger partial charge in [0.25, 0.3) is 0 Å². The fourth-order valence-corrected chi connectivity index (χ4v) is 2.39. The van der Waals surface area contributed by atoms with E-state index in [2.05, 4.69) is 34.0 Å². The van der Waals surface area contributed by atoms with E-state index in [1.54, 1.807) is 11.9 Å².